The number of carboxylic acid groups (broad SMARTS) is 4. The first-order valence-corrected chi connectivity index (χ1v) is 15.1. The van der Waals surface area contributed by atoms with Crippen LogP contribution in [0.15, 0.2) is 67.0 Å². The van der Waals surface area contributed by atoms with Crippen molar-refractivity contribution in [1.82, 2.24) is 14.9 Å². The van der Waals surface area contributed by atoms with Crippen LogP contribution in [0.1, 0.15) is 23.4 Å². The highest BCUT2D eigenvalue weighted by atomic mass is 35.5. The van der Waals surface area contributed by atoms with Crippen LogP contribution in [0, 0.1) is 0 Å². The number of carboxylic acids is 4. The van der Waals surface area contributed by atoms with Crippen molar-refractivity contribution in [2.24, 2.45) is 0 Å². The lowest BCUT2D eigenvalue weighted by molar-refractivity contribution is -0.193. The Balaban J connectivity index is 0.000000457. The molecule has 5 rings (SSSR count). The molecule has 310 valence electrons. The van der Waals surface area contributed by atoms with E-state index >= 15 is 0 Å². The number of hydrogen-bond donors (Lipinski definition) is 4. The molecule has 1 aromatic carbocycles. The second-order valence-electron chi connectivity index (χ2n) is 11.1. The van der Waals surface area contributed by atoms with Gasteiger partial charge in [0.05, 0.1) is 23.6 Å². The minimum atomic E-state index is -5.08. The monoisotopic (exact) mass is 846 g/mol. The Bertz CT molecular complexity index is 1660. The smallest absolute Gasteiger partial charge is 0.475 e. The number of fused-ring (bicyclic) bond motifs is 2. The van der Waals surface area contributed by atoms with Crippen molar-refractivity contribution in [3.8, 4) is 0 Å². The molecule has 56 heavy (non-hydrogen) atoms. The van der Waals surface area contributed by atoms with E-state index < -0.39 is 48.6 Å². The van der Waals surface area contributed by atoms with Gasteiger partial charge in [-0.05, 0) is 54.9 Å². The molecule has 1 unspecified atom stereocenters. The Kier molecular flexibility index (Phi) is 17.3. The van der Waals surface area contributed by atoms with Gasteiger partial charge < -0.3 is 25.3 Å². The predicted octanol–water partition coefficient (Wildman–Crippen LogP) is 6.83. The summed E-state index contributed by atoms with van der Waals surface area (Å²) in [5.74, 6) is -11.0. The molecule has 12 nitrogen and oxygen atoms in total. The number of pyridine rings is 2. The van der Waals surface area contributed by atoms with Crippen molar-refractivity contribution in [3.63, 3.8) is 0 Å². The van der Waals surface area contributed by atoms with Gasteiger partial charge in [-0.3, -0.25) is 14.9 Å². The van der Waals surface area contributed by atoms with Gasteiger partial charge in [0.15, 0.2) is 0 Å². The highest BCUT2D eigenvalue weighted by molar-refractivity contribution is 6.30. The van der Waals surface area contributed by atoms with Gasteiger partial charge in [-0.2, -0.15) is 52.7 Å². The van der Waals surface area contributed by atoms with Crippen LogP contribution < -0.4 is 4.90 Å². The molecule has 2 aliphatic heterocycles. The Hall–Kier alpha value is -5.39. The van der Waals surface area contributed by atoms with E-state index in [2.05, 4.69) is 45.1 Å². The highest BCUT2D eigenvalue weighted by Gasteiger charge is 2.48. The summed E-state index contributed by atoms with van der Waals surface area (Å²) in [4.78, 5) is 49.9. The van der Waals surface area contributed by atoms with E-state index in [0.29, 0.717) is 0 Å². The lowest BCUT2D eigenvalue weighted by atomic mass is 9.85. The Morgan fingerprint density at radius 1 is 0.625 bits per heavy atom. The van der Waals surface area contributed by atoms with Crippen molar-refractivity contribution >= 4 is 41.2 Å². The number of aromatic nitrogens is 2. The standard InChI is InChI=1S/C23H23ClN4.4C2HF3O2/c24-19-8-6-18(7-9-19)14-27-13-10-23(16-27)17-28(15-20-4-1-2-11-25-20)21-5-3-12-26-22(21)23;4*3-2(4,5)1(6)7/h1-9,11-12H,10,13-17H2;4*(H,6,7). The molecular weight excluding hydrogens is 820 g/mol. The van der Waals surface area contributed by atoms with Crippen LogP contribution in [0.2, 0.25) is 5.02 Å². The van der Waals surface area contributed by atoms with E-state index in [1.165, 1.54) is 16.9 Å². The van der Waals surface area contributed by atoms with Crippen molar-refractivity contribution < 1.29 is 92.3 Å². The van der Waals surface area contributed by atoms with Crippen LogP contribution in [-0.4, -0.2) is 104 Å². The van der Waals surface area contributed by atoms with Gasteiger partial charge in [0.2, 0.25) is 0 Å². The zero-order valence-electron chi connectivity index (χ0n) is 27.7. The number of hydrogen-bond acceptors (Lipinski definition) is 8. The fourth-order valence-electron chi connectivity index (χ4n) is 4.68. The van der Waals surface area contributed by atoms with Crippen LogP contribution in [0.5, 0.6) is 0 Å². The SMILES string of the molecule is Clc1ccc(CN2CCC3(C2)CN(Cc2ccccn2)c2cccnc23)cc1.O=C(O)C(F)(F)F.O=C(O)C(F)(F)F.O=C(O)C(F)(F)F.O=C(O)C(F)(F)F. The molecular formula is C31H27ClF12N4O8. The molecule has 1 atom stereocenters. The minimum Gasteiger partial charge on any atom is -0.475 e. The fraction of sp³-hybridized carbons (Fsp3) is 0.355. The average molecular weight is 847 g/mol. The molecule has 1 saturated heterocycles. The number of anilines is 1. The molecule has 4 heterocycles. The Morgan fingerprint density at radius 2 is 1.07 bits per heavy atom. The summed E-state index contributed by atoms with van der Waals surface area (Å²) in [5.41, 5.74) is 5.04. The number of alkyl halides is 12. The first kappa shape index (κ1) is 48.6. The number of likely N-dealkylation sites (tertiary alicyclic amines) is 1. The molecule has 0 aliphatic carbocycles. The van der Waals surface area contributed by atoms with Crippen molar-refractivity contribution in [1.29, 1.82) is 0 Å². The van der Waals surface area contributed by atoms with Gasteiger partial charge in [-0.25, -0.2) is 19.2 Å². The number of halogens is 13. The Labute approximate surface area is 311 Å². The zero-order valence-corrected chi connectivity index (χ0v) is 28.5. The van der Waals surface area contributed by atoms with Gasteiger partial charge in [0, 0.05) is 42.5 Å². The van der Waals surface area contributed by atoms with Gasteiger partial charge in [-0.15, -0.1) is 0 Å². The summed E-state index contributed by atoms with van der Waals surface area (Å²) in [6.45, 7) is 4.93. The maximum Gasteiger partial charge on any atom is 0.490 e. The van der Waals surface area contributed by atoms with E-state index in [1.54, 1.807) is 0 Å². The molecule has 2 aromatic heterocycles. The highest BCUT2D eigenvalue weighted by Crippen LogP contribution is 2.45. The normalized spacial score (nSPS) is 16.3. The van der Waals surface area contributed by atoms with Crippen LogP contribution in [0.3, 0.4) is 0 Å². The molecule has 0 bridgehead atoms. The second-order valence-corrected chi connectivity index (χ2v) is 11.6. The van der Waals surface area contributed by atoms with E-state index in [9.17, 15) is 52.7 Å². The quantitative estimate of drug-likeness (QED) is 0.202. The lowest BCUT2D eigenvalue weighted by Crippen LogP contribution is -2.36. The van der Waals surface area contributed by atoms with Crippen molar-refractivity contribution in [2.75, 3.05) is 24.5 Å². The van der Waals surface area contributed by atoms with Crippen molar-refractivity contribution in [2.45, 2.75) is 49.6 Å². The van der Waals surface area contributed by atoms with Gasteiger partial charge >= 0.3 is 48.6 Å². The predicted molar refractivity (Wildman–Crippen MR) is 167 cm³/mol. The maximum absolute atomic E-state index is 10.6. The largest absolute Gasteiger partial charge is 0.490 e. The molecule has 2 aliphatic rings. The number of rotatable bonds is 4. The molecule has 3 aromatic rings. The third-order valence-corrected chi connectivity index (χ3v) is 7.18. The molecule has 1 spiro atoms. The van der Waals surface area contributed by atoms with E-state index in [4.69, 9.17) is 56.2 Å². The summed E-state index contributed by atoms with van der Waals surface area (Å²) in [7, 11) is 0. The summed E-state index contributed by atoms with van der Waals surface area (Å²) in [6.07, 6.45) is -15.4. The topological polar surface area (TPSA) is 181 Å². The average Bonchev–Trinajstić information content (AvgIpc) is 3.61. The molecule has 1 fully saturated rings. The summed E-state index contributed by atoms with van der Waals surface area (Å²) >= 11 is 6.03. The summed E-state index contributed by atoms with van der Waals surface area (Å²) in [5, 5.41) is 29.3. The first-order chi connectivity index (χ1) is 25.5. The molecule has 0 saturated carbocycles. The molecule has 0 radical (unpaired) electrons. The van der Waals surface area contributed by atoms with Crippen LogP contribution in [0.4, 0.5) is 58.4 Å². The third kappa shape index (κ3) is 16.5. The second kappa shape index (κ2) is 20.0. The van der Waals surface area contributed by atoms with Crippen molar-refractivity contribution in [3.05, 3.63) is 89.0 Å². The van der Waals surface area contributed by atoms with E-state index in [0.717, 1.165) is 49.9 Å². The van der Waals surface area contributed by atoms with Crippen LogP contribution >= 0.6 is 11.6 Å². The van der Waals surface area contributed by atoms with Gasteiger partial charge in [0.25, 0.3) is 0 Å². The van der Waals surface area contributed by atoms with Crippen LogP contribution in [-0.2, 0) is 37.7 Å². The Morgan fingerprint density at radius 3 is 1.48 bits per heavy atom. The van der Waals surface area contributed by atoms with E-state index in [-0.39, 0.29) is 5.41 Å². The van der Waals surface area contributed by atoms with E-state index in [1.807, 2.05) is 36.7 Å². The first-order valence-electron chi connectivity index (χ1n) is 14.8. The number of aliphatic carboxylic acids is 4. The molecule has 0 amide bonds. The molecule has 4 N–H and O–H groups in total. The van der Waals surface area contributed by atoms with Gasteiger partial charge in [-0.1, -0.05) is 29.8 Å². The summed E-state index contributed by atoms with van der Waals surface area (Å²) < 4.78 is 127. The van der Waals surface area contributed by atoms with Crippen LogP contribution in [0.25, 0.3) is 0 Å². The summed E-state index contributed by atoms with van der Waals surface area (Å²) in [6, 6.07) is 18.6. The fourth-order valence-corrected chi connectivity index (χ4v) is 4.80. The third-order valence-electron chi connectivity index (χ3n) is 6.92. The number of benzene rings is 1. The lowest BCUT2D eigenvalue weighted by Gasteiger charge is -2.26. The maximum atomic E-state index is 10.6. The molecule has 25 heteroatoms. The number of nitrogens with zero attached hydrogens (tertiary/aromatic N) is 4. The number of carbonyl (C=O) groups is 4. The zero-order chi connectivity index (χ0) is 43.3. The minimum absolute atomic E-state index is 0.109. The van der Waals surface area contributed by atoms with Gasteiger partial charge in [0.1, 0.15) is 0 Å².